The zero-order chi connectivity index (χ0) is 13.3. The summed E-state index contributed by atoms with van der Waals surface area (Å²) in [4.78, 5) is -0.960. The summed E-state index contributed by atoms with van der Waals surface area (Å²) >= 11 is 0. The van der Waals surface area contributed by atoms with E-state index in [1.54, 1.807) is 0 Å². The molecule has 2 rings (SSSR count). The maximum Gasteiger partial charge on any atom is 0.249 e. The van der Waals surface area contributed by atoms with Crippen molar-refractivity contribution >= 4 is 15.7 Å². The number of hydrogen-bond acceptors (Lipinski definition) is 4. The summed E-state index contributed by atoms with van der Waals surface area (Å²) in [6, 6.07) is 1.58. The molecule has 100 valence electrons. The number of rotatable bonds is 2. The van der Waals surface area contributed by atoms with Gasteiger partial charge < -0.3 is 10.5 Å². The van der Waals surface area contributed by atoms with E-state index in [1.165, 1.54) is 0 Å². The van der Waals surface area contributed by atoms with Crippen LogP contribution in [-0.4, -0.2) is 39.0 Å². The smallest absolute Gasteiger partial charge is 0.249 e. The van der Waals surface area contributed by atoms with Crippen molar-refractivity contribution in [2.24, 2.45) is 0 Å². The van der Waals surface area contributed by atoms with Crippen LogP contribution in [0.2, 0.25) is 0 Å². The third-order valence-electron chi connectivity index (χ3n) is 2.59. The Labute approximate surface area is 103 Å². The van der Waals surface area contributed by atoms with Crippen molar-refractivity contribution in [1.29, 1.82) is 0 Å². The maximum absolute atomic E-state index is 13.6. The largest absolute Gasteiger partial charge is 0.399 e. The highest BCUT2D eigenvalue weighted by Gasteiger charge is 2.32. The number of nitrogen functional groups attached to an aromatic ring is 1. The molecule has 1 heterocycles. The van der Waals surface area contributed by atoms with E-state index in [9.17, 15) is 17.2 Å². The second-order valence-electron chi connectivity index (χ2n) is 3.83. The molecule has 1 aromatic carbocycles. The second-order valence-corrected chi connectivity index (χ2v) is 5.70. The average Bonchev–Trinajstić information content (AvgIpc) is 2.28. The molecule has 1 fully saturated rings. The van der Waals surface area contributed by atoms with Gasteiger partial charge in [0.15, 0.2) is 4.90 Å². The van der Waals surface area contributed by atoms with Gasteiger partial charge in [0, 0.05) is 18.8 Å². The Kier molecular flexibility index (Phi) is 3.51. The zero-order valence-corrected chi connectivity index (χ0v) is 10.2. The topological polar surface area (TPSA) is 72.6 Å². The summed E-state index contributed by atoms with van der Waals surface area (Å²) in [6.07, 6.45) is 0. The molecule has 1 aliphatic heterocycles. The lowest BCUT2D eigenvalue weighted by Crippen LogP contribution is -2.41. The normalized spacial score (nSPS) is 17.9. The summed E-state index contributed by atoms with van der Waals surface area (Å²) in [5.74, 6) is -2.36. The van der Waals surface area contributed by atoms with E-state index >= 15 is 0 Å². The van der Waals surface area contributed by atoms with Crippen LogP contribution < -0.4 is 5.73 Å². The molecule has 0 aliphatic carbocycles. The van der Waals surface area contributed by atoms with Crippen LogP contribution in [0.3, 0.4) is 0 Å². The highest BCUT2D eigenvalue weighted by Crippen LogP contribution is 2.25. The predicted molar refractivity (Wildman–Crippen MR) is 60.3 cm³/mol. The van der Waals surface area contributed by atoms with Crippen LogP contribution in [0.25, 0.3) is 0 Å². The molecule has 8 heteroatoms. The number of nitrogens with two attached hydrogens (primary N) is 1. The van der Waals surface area contributed by atoms with Crippen molar-refractivity contribution in [3.63, 3.8) is 0 Å². The number of hydrogen-bond donors (Lipinski definition) is 1. The van der Waals surface area contributed by atoms with Crippen molar-refractivity contribution in [2.45, 2.75) is 4.90 Å². The first kappa shape index (κ1) is 13.2. The minimum atomic E-state index is -4.19. The molecule has 0 amide bonds. The number of anilines is 1. The summed E-state index contributed by atoms with van der Waals surface area (Å²) in [6.45, 7) is 0.562. The van der Waals surface area contributed by atoms with Gasteiger partial charge in [-0.3, -0.25) is 0 Å². The molecule has 0 atom stereocenters. The van der Waals surface area contributed by atoms with Crippen LogP contribution in [0, 0.1) is 11.6 Å². The number of benzene rings is 1. The fourth-order valence-corrected chi connectivity index (χ4v) is 3.24. The standard InChI is InChI=1S/C10H12F2N2O3S/c11-8-5-7(13)6-9(12)10(8)18(15,16)14-1-3-17-4-2-14/h5-6H,1-4,13H2. The lowest BCUT2D eigenvalue weighted by Gasteiger charge is -2.26. The second kappa shape index (κ2) is 4.79. The minimum absolute atomic E-state index is 0.0750. The van der Waals surface area contributed by atoms with E-state index in [2.05, 4.69) is 0 Å². The Morgan fingerprint density at radius 1 is 1.17 bits per heavy atom. The Bertz CT molecular complexity index is 533. The Hall–Kier alpha value is -1.25. The van der Waals surface area contributed by atoms with Crippen molar-refractivity contribution in [2.75, 3.05) is 32.0 Å². The molecular formula is C10H12F2N2O3S. The summed E-state index contributed by atoms with van der Waals surface area (Å²) in [7, 11) is -4.19. The number of sulfonamides is 1. The summed E-state index contributed by atoms with van der Waals surface area (Å²) in [5, 5.41) is 0. The maximum atomic E-state index is 13.6. The number of nitrogens with zero attached hydrogens (tertiary/aromatic N) is 1. The van der Waals surface area contributed by atoms with Gasteiger partial charge in [0.2, 0.25) is 10.0 Å². The minimum Gasteiger partial charge on any atom is -0.399 e. The fraction of sp³-hybridized carbons (Fsp3) is 0.400. The highest BCUT2D eigenvalue weighted by atomic mass is 32.2. The zero-order valence-electron chi connectivity index (χ0n) is 9.40. The molecule has 1 saturated heterocycles. The number of ether oxygens (including phenoxy) is 1. The molecular weight excluding hydrogens is 266 g/mol. The van der Waals surface area contributed by atoms with Gasteiger partial charge >= 0.3 is 0 Å². The Morgan fingerprint density at radius 2 is 1.67 bits per heavy atom. The first-order chi connectivity index (χ1) is 8.43. The van der Waals surface area contributed by atoms with Crippen molar-refractivity contribution < 1.29 is 21.9 Å². The molecule has 0 spiro atoms. The quantitative estimate of drug-likeness (QED) is 0.803. The van der Waals surface area contributed by atoms with Crippen molar-refractivity contribution in [3.8, 4) is 0 Å². The van der Waals surface area contributed by atoms with Gasteiger partial charge in [0.1, 0.15) is 11.6 Å². The van der Waals surface area contributed by atoms with Gasteiger partial charge in [-0.2, -0.15) is 4.31 Å². The highest BCUT2D eigenvalue weighted by molar-refractivity contribution is 7.89. The van der Waals surface area contributed by atoms with Crippen molar-refractivity contribution in [3.05, 3.63) is 23.8 Å². The third kappa shape index (κ3) is 2.31. The molecule has 0 radical (unpaired) electrons. The van der Waals surface area contributed by atoms with Crippen molar-refractivity contribution in [1.82, 2.24) is 4.31 Å². The first-order valence-electron chi connectivity index (χ1n) is 5.25. The molecule has 0 bridgehead atoms. The van der Waals surface area contributed by atoms with E-state index in [-0.39, 0.29) is 32.0 Å². The molecule has 2 N–H and O–H groups in total. The Morgan fingerprint density at radius 3 is 2.17 bits per heavy atom. The molecule has 5 nitrogen and oxygen atoms in total. The average molecular weight is 278 g/mol. The van der Waals surface area contributed by atoms with E-state index < -0.39 is 26.6 Å². The van der Waals surface area contributed by atoms with Gasteiger partial charge in [-0.05, 0) is 12.1 Å². The van der Waals surface area contributed by atoms with E-state index in [0.717, 1.165) is 16.4 Å². The van der Waals surface area contributed by atoms with Gasteiger partial charge in [0.05, 0.1) is 13.2 Å². The molecule has 0 unspecified atom stereocenters. The van der Waals surface area contributed by atoms with Crippen LogP contribution in [0.5, 0.6) is 0 Å². The van der Waals surface area contributed by atoms with Crippen LogP contribution in [-0.2, 0) is 14.8 Å². The number of halogens is 2. The molecule has 18 heavy (non-hydrogen) atoms. The lowest BCUT2D eigenvalue weighted by molar-refractivity contribution is 0.0728. The summed E-state index contributed by atoms with van der Waals surface area (Å²) < 4.78 is 57.4. The molecule has 1 aliphatic rings. The van der Waals surface area contributed by atoms with Crippen LogP contribution >= 0.6 is 0 Å². The van der Waals surface area contributed by atoms with Crippen LogP contribution in [0.15, 0.2) is 17.0 Å². The molecule has 0 saturated carbocycles. The van der Waals surface area contributed by atoms with Gasteiger partial charge in [-0.25, -0.2) is 17.2 Å². The van der Waals surface area contributed by atoms with Gasteiger partial charge in [-0.15, -0.1) is 0 Å². The third-order valence-corrected chi connectivity index (χ3v) is 4.54. The van der Waals surface area contributed by atoms with Gasteiger partial charge in [0.25, 0.3) is 0 Å². The lowest BCUT2D eigenvalue weighted by atomic mass is 10.3. The van der Waals surface area contributed by atoms with E-state index in [4.69, 9.17) is 10.5 Å². The summed E-state index contributed by atoms with van der Waals surface area (Å²) in [5.41, 5.74) is 5.08. The predicted octanol–water partition coefficient (Wildman–Crippen LogP) is 0.568. The fourth-order valence-electron chi connectivity index (χ4n) is 1.74. The molecule has 1 aromatic rings. The monoisotopic (exact) mass is 278 g/mol. The Balaban J connectivity index is 2.47. The van der Waals surface area contributed by atoms with E-state index in [0.29, 0.717) is 0 Å². The van der Waals surface area contributed by atoms with E-state index in [1.807, 2.05) is 0 Å². The molecule has 0 aromatic heterocycles. The SMILES string of the molecule is Nc1cc(F)c(S(=O)(=O)N2CCOCC2)c(F)c1. The van der Waals surface area contributed by atoms with Crippen LogP contribution in [0.4, 0.5) is 14.5 Å². The first-order valence-corrected chi connectivity index (χ1v) is 6.69. The van der Waals surface area contributed by atoms with Crippen LogP contribution in [0.1, 0.15) is 0 Å². The number of morpholine rings is 1. The van der Waals surface area contributed by atoms with Gasteiger partial charge in [-0.1, -0.05) is 0 Å².